The van der Waals surface area contributed by atoms with Crippen LogP contribution in [0.3, 0.4) is 0 Å². The van der Waals surface area contributed by atoms with Crippen LogP contribution in [0.1, 0.15) is 92.5 Å². The van der Waals surface area contributed by atoms with Crippen molar-refractivity contribution in [3.63, 3.8) is 0 Å². The average molecular weight is 399 g/mol. The topological polar surface area (TPSA) is 0 Å². The third-order valence-electron chi connectivity index (χ3n) is 7.04. The lowest BCUT2D eigenvalue weighted by Crippen LogP contribution is -2.13. The molecular weight excluding hydrogens is 360 g/mol. The molecule has 1 aliphatic rings. The van der Waals surface area contributed by atoms with E-state index in [-0.39, 0.29) is 0 Å². The molecule has 0 aromatic heterocycles. The van der Waals surface area contributed by atoms with Crippen LogP contribution in [0.5, 0.6) is 0 Å². The quantitative estimate of drug-likeness (QED) is 0.317. The van der Waals surface area contributed by atoms with Gasteiger partial charge in [-0.1, -0.05) is 94.1 Å². The molecule has 1 unspecified atom stereocenters. The van der Waals surface area contributed by atoms with Crippen molar-refractivity contribution in [3.8, 4) is 0 Å². The van der Waals surface area contributed by atoms with Crippen molar-refractivity contribution in [1.82, 2.24) is 0 Å². The monoisotopic (exact) mass is 398 g/mol. The molecule has 0 bridgehead atoms. The molecule has 0 spiro atoms. The second-order valence-corrected chi connectivity index (χ2v) is 9.40. The summed E-state index contributed by atoms with van der Waals surface area (Å²) in [6.07, 6.45) is 14.1. The summed E-state index contributed by atoms with van der Waals surface area (Å²) in [5.41, 5.74) is 7.75. The molecule has 0 nitrogen and oxygen atoms in total. The normalized spacial score (nSPS) is 16.0. The number of aryl methyl sites for hydroxylation is 3. The largest absolute Gasteiger partial charge is 0.0654 e. The molecule has 0 saturated carbocycles. The SMILES string of the molecule is CCCCCc1ccc2c(c1)CCC(c1ccc3cc(CCCCC)ccc3c1)C2. The van der Waals surface area contributed by atoms with E-state index in [1.165, 1.54) is 92.5 Å². The first-order chi connectivity index (χ1) is 14.8. The molecule has 0 aliphatic heterocycles. The number of rotatable bonds is 9. The Labute approximate surface area is 183 Å². The predicted octanol–water partition coefficient (Wildman–Crippen LogP) is 8.58. The van der Waals surface area contributed by atoms with Crippen molar-refractivity contribution in [2.45, 2.75) is 90.4 Å². The molecule has 0 radical (unpaired) electrons. The lowest BCUT2D eigenvalue weighted by Gasteiger charge is -2.26. The van der Waals surface area contributed by atoms with E-state index in [0.717, 1.165) is 0 Å². The Morgan fingerprint density at radius 1 is 0.667 bits per heavy atom. The van der Waals surface area contributed by atoms with Gasteiger partial charge in [0.05, 0.1) is 0 Å². The van der Waals surface area contributed by atoms with Crippen LogP contribution in [0.25, 0.3) is 10.8 Å². The highest BCUT2D eigenvalue weighted by molar-refractivity contribution is 5.84. The summed E-state index contributed by atoms with van der Waals surface area (Å²) in [7, 11) is 0. The first-order valence-corrected chi connectivity index (χ1v) is 12.4. The van der Waals surface area contributed by atoms with E-state index in [1.54, 1.807) is 16.7 Å². The van der Waals surface area contributed by atoms with Crippen LogP contribution in [0.4, 0.5) is 0 Å². The van der Waals surface area contributed by atoms with Gasteiger partial charge in [0.2, 0.25) is 0 Å². The number of benzene rings is 3. The highest BCUT2D eigenvalue weighted by atomic mass is 14.2. The molecule has 0 amide bonds. The van der Waals surface area contributed by atoms with Crippen LogP contribution in [-0.2, 0) is 25.7 Å². The predicted molar refractivity (Wildman–Crippen MR) is 132 cm³/mol. The zero-order valence-corrected chi connectivity index (χ0v) is 19.1. The Kier molecular flexibility index (Phi) is 7.26. The molecule has 0 fully saturated rings. The van der Waals surface area contributed by atoms with Crippen LogP contribution in [0, 0.1) is 0 Å². The lowest BCUT2D eigenvalue weighted by atomic mass is 9.79. The molecule has 0 saturated heterocycles. The molecule has 30 heavy (non-hydrogen) atoms. The number of fused-ring (bicyclic) bond motifs is 2. The van der Waals surface area contributed by atoms with Gasteiger partial charge in [-0.2, -0.15) is 0 Å². The highest BCUT2D eigenvalue weighted by Crippen LogP contribution is 2.34. The second-order valence-electron chi connectivity index (χ2n) is 9.40. The van der Waals surface area contributed by atoms with Gasteiger partial charge in [0.25, 0.3) is 0 Å². The summed E-state index contributed by atoms with van der Waals surface area (Å²) < 4.78 is 0. The third kappa shape index (κ3) is 5.15. The summed E-state index contributed by atoms with van der Waals surface area (Å²) in [6, 6.07) is 21.6. The first kappa shape index (κ1) is 21.2. The summed E-state index contributed by atoms with van der Waals surface area (Å²) >= 11 is 0. The van der Waals surface area contributed by atoms with Gasteiger partial charge in [0.15, 0.2) is 0 Å². The Hall–Kier alpha value is -2.08. The van der Waals surface area contributed by atoms with E-state index in [9.17, 15) is 0 Å². The number of unbranched alkanes of at least 4 members (excludes halogenated alkanes) is 4. The zero-order chi connectivity index (χ0) is 20.8. The molecule has 4 rings (SSSR count). The van der Waals surface area contributed by atoms with Gasteiger partial charge in [0, 0.05) is 0 Å². The fourth-order valence-electron chi connectivity index (χ4n) is 5.13. The summed E-state index contributed by atoms with van der Waals surface area (Å²) in [4.78, 5) is 0. The van der Waals surface area contributed by atoms with Crippen LogP contribution in [-0.4, -0.2) is 0 Å². The minimum Gasteiger partial charge on any atom is -0.0654 e. The van der Waals surface area contributed by atoms with Crippen molar-refractivity contribution in [3.05, 3.63) is 82.4 Å². The Morgan fingerprint density at radius 3 is 2.10 bits per heavy atom. The number of hydrogen-bond donors (Lipinski definition) is 0. The molecule has 0 N–H and O–H groups in total. The smallest absolute Gasteiger partial charge is 0.0118 e. The van der Waals surface area contributed by atoms with Crippen LogP contribution in [0.15, 0.2) is 54.6 Å². The Morgan fingerprint density at radius 2 is 1.33 bits per heavy atom. The van der Waals surface area contributed by atoms with Gasteiger partial charge in [-0.05, 0) is 89.5 Å². The fraction of sp³-hybridized carbons (Fsp3) is 0.467. The lowest BCUT2D eigenvalue weighted by molar-refractivity contribution is 0.584. The minimum absolute atomic E-state index is 0.664. The summed E-state index contributed by atoms with van der Waals surface area (Å²) in [5.74, 6) is 0.664. The standard InChI is InChI=1S/C30H38/c1-3-5-7-9-23-11-13-27-21-29(17-15-25(27)19-23)30-18-16-26-20-24(10-8-6-4-2)12-14-28(26)22-30/h11-15,17,19-21,30H,3-10,16,18,22H2,1-2H3. The van der Waals surface area contributed by atoms with E-state index >= 15 is 0 Å². The average Bonchev–Trinajstić information content (AvgIpc) is 2.78. The highest BCUT2D eigenvalue weighted by Gasteiger charge is 2.20. The van der Waals surface area contributed by atoms with Gasteiger partial charge in [-0.15, -0.1) is 0 Å². The Bertz CT molecular complexity index is 965. The van der Waals surface area contributed by atoms with Crippen molar-refractivity contribution >= 4 is 10.8 Å². The Balaban J connectivity index is 1.45. The maximum absolute atomic E-state index is 2.50. The van der Waals surface area contributed by atoms with Crippen LogP contribution in [0.2, 0.25) is 0 Å². The van der Waals surface area contributed by atoms with Crippen molar-refractivity contribution in [1.29, 1.82) is 0 Å². The number of hydrogen-bond acceptors (Lipinski definition) is 0. The van der Waals surface area contributed by atoms with Gasteiger partial charge in [0.1, 0.15) is 0 Å². The van der Waals surface area contributed by atoms with Crippen molar-refractivity contribution in [2.24, 2.45) is 0 Å². The van der Waals surface area contributed by atoms with Gasteiger partial charge in [-0.3, -0.25) is 0 Å². The zero-order valence-electron chi connectivity index (χ0n) is 19.1. The van der Waals surface area contributed by atoms with Crippen molar-refractivity contribution in [2.75, 3.05) is 0 Å². The van der Waals surface area contributed by atoms with Gasteiger partial charge >= 0.3 is 0 Å². The van der Waals surface area contributed by atoms with Crippen LogP contribution >= 0.6 is 0 Å². The maximum Gasteiger partial charge on any atom is -0.0118 e. The van der Waals surface area contributed by atoms with E-state index < -0.39 is 0 Å². The molecule has 3 aromatic rings. The molecule has 158 valence electrons. The van der Waals surface area contributed by atoms with Crippen molar-refractivity contribution < 1.29 is 0 Å². The fourth-order valence-corrected chi connectivity index (χ4v) is 5.13. The molecule has 0 heterocycles. The van der Waals surface area contributed by atoms with Gasteiger partial charge < -0.3 is 0 Å². The molecule has 3 aromatic carbocycles. The molecule has 1 atom stereocenters. The summed E-state index contributed by atoms with van der Waals surface area (Å²) in [6.45, 7) is 4.56. The second kappa shape index (κ2) is 10.3. The van der Waals surface area contributed by atoms with E-state index in [2.05, 4.69) is 68.4 Å². The minimum atomic E-state index is 0.664. The van der Waals surface area contributed by atoms with E-state index in [1.807, 2.05) is 0 Å². The van der Waals surface area contributed by atoms with E-state index in [4.69, 9.17) is 0 Å². The molecule has 0 heteroatoms. The molecular formula is C30H38. The molecule has 1 aliphatic carbocycles. The van der Waals surface area contributed by atoms with Gasteiger partial charge in [-0.25, -0.2) is 0 Å². The first-order valence-electron chi connectivity index (χ1n) is 12.4. The van der Waals surface area contributed by atoms with E-state index in [0.29, 0.717) is 5.92 Å². The van der Waals surface area contributed by atoms with Crippen LogP contribution < -0.4 is 0 Å². The maximum atomic E-state index is 2.50. The third-order valence-corrected chi connectivity index (χ3v) is 7.04. The summed E-state index contributed by atoms with van der Waals surface area (Å²) in [5, 5.41) is 2.81.